The molecule has 0 aliphatic heterocycles. The predicted molar refractivity (Wildman–Crippen MR) is 94.7 cm³/mol. The maximum absolute atomic E-state index is 9.96. The molecule has 2 rings (SSSR count). The van der Waals surface area contributed by atoms with E-state index < -0.39 is 6.10 Å². The maximum Gasteiger partial charge on any atom is 0.137 e. The number of rotatable bonds is 6. The lowest BCUT2D eigenvalue weighted by atomic mass is 10.0. The standard InChI is InChI=1S/C19H26NO2.ClH.H2O/c1-20(2,3)14-18(21)15-22-19-11-9-17(10-12-19)13-16-7-5-4-6-8-16;;/h4-9,11-13,18,21H,10,14-15H2,1-3H3;1H;1H2/q+1;;/p-1. The molecule has 0 amide bonds. The van der Waals surface area contributed by atoms with Crippen molar-refractivity contribution >= 4 is 6.08 Å². The Kier molecular flexibility index (Phi) is 9.63. The van der Waals surface area contributed by atoms with Crippen molar-refractivity contribution in [2.24, 2.45) is 0 Å². The Balaban J connectivity index is 0.00000264. The van der Waals surface area contributed by atoms with Gasteiger partial charge in [0.25, 0.3) is 0 Å². The van der Waals surface area contributed by atoms with Crippen LogP contribution in [0.5, 0.6) is 0 Å². The van der Waals surface area contributed by atoms with Crippen LogP contribution in [0.15, 0.2) is 59.9 Å². The summed E-state index contributed by atoms with van der Waals surface area (Å²) in [7, 11) is 6.18. The first-order chi connectivity index (χ1) is 10.4. The lowest BCUT2D eigenvalue weighted by molar-refractivity contribution is -0.873. The van der Waals surface area contributed by atoms with Crippen molar-refractivity contribution in [3.63, 3.8) is 0 Å². The van der Waals surface area contributed by atoms with Crippen LogP contribution in [0.3, 0.4) is 0 Å². The topological polar surface area (TPSA) is 61.0 Å². The molecule has 0 saturated heterocycles. The van der Waals surface area contributed by atoms with Gasteiger partial charge in [0.05, 0.1) is 21.1 Å². The van der Waals surface area contributed by atoms with Crippen molar-refractivity contribution in [1.82, 2.24) is 0 Å². The second-order valence-electron chi connectivity index (χ2n) is 6.71. The largest absolute Gasteiger partial charge is 1.00 e. The van der Waals surface area contributed by atoms with Crippen LogP contribution in [0.1, 0.15) is 12.0 Å². The van der Waals surface area contributed by atoms with Gasteiger partial charge >= 0.3 is 0 Å². The number of aliphatic hydroxyl groups excluding tert-OH is 1. The van der Waals surface area contributed by atoms with E-state index in [1.165, 1.54) is 11.1 Å². The molecule has 0 saturated carbocycles. The van der Waals surface area contributed by atoms with Crippen molar-refractivity contribution in [3.05, 3.63) is 65.5 Å². The van der Waals surface area contributed by atoms with Crippen LogP contribution in [0.2, 0.25) is 0 Å². The number of halogens is 1. The third-order valence-electron chi connectivity index (χ3n) is 3.35. The van der Waals surface area contributed by atoms with Crippen LogP contribution in [0.4, 0.5) is 0 Å². The highest BCUT2D eigenvalue weighted by molar-refractivity contribution is 5.57. The summed E-state index contributed by atoms with van der Waals surface area (Å²) in [5.74, 6) is 0.839. The maximum atomic E-state index is 9.96. The molecular weight excluding hydrogens is 326 g/mol. The number of quaternary nitrogens is 1. The fourth-order valence-electron chi connectivity index (χ4n) is 2.40. The summed E-state index contributed by atoms with van der Waals surface area (Å²) >= 11 is 0. The zero-order valence-corrected chi connectivity index (χ0v) is 15.3. The molecule has 0 bridgehead atoms. The summed E-state index contributed by atoms with van der Waals surface area (Å²) in [6.45, 7) is 1.01. The summed E-state index contributed by atoms with van der Waals surface area (Å²) < 4.78 is 6.40. The fourth-order valence-corrected chi connectivity index (χ4v) is 2.40. The van der Waals surface area contributed by atoms with E-state index in [9.17, 15) is 5.11 Å². The second kappa shape index (κ2) is 10.3. The first-order valence-electron chi connectivity index (χ1n) is 7.67. The van der Waals surface area contributed by atoms with E-state index in [1.807, 2.05) is 24.3 Å². The van der Waals surface area contributed by atoms with Crippen molar-refractivity contribution in [1.29, 1.82) is 0 Å². The molecular formula is C19H28ClNO3. The highest BCUT2D eigenvalue weighted by Gasteiger charge is 2.16. The van der Waals surface area contributed by atoms with Crippen molar-refractivity contribution in [2.45, 2.75) is 12.5 Å². The normalized spacial score (nSPS) is 16.7. The minimum atomic E-state index is -0.449. The van der Waals surface area contributed by atoms with Gasteiger partial charge in [0.15, 0.2) is 0 Å². The SMILES string of the molecule is C[N+](C)(C)CC(O)COC1=CCC(=Cc2ccccc2)C=C1.O.[Cl-]. The molecule has 1 atom stereocenters. The molecule has 0 radical (unpaired) electrons. The number of hydrogen-bond acceptors (Lipinski definition) is 2. The lowest BCUT2D eigenvalue weighted by Crippen LogP contribution is -3.00. The van der Waals surface area contributed by atoms with Crippen LogP contribution >= 0.6 is 0 Å². The smallest absolute Gasteiger partial charge is 0.137 e. The van der Waals surface area contributed by atoms with Crippen LogP contribution in [-0.2, 0) is 4.74 Å². The van der Waals surface area contributed by atoms with Gasteiger partial charge < -0.3 is 32.2 Å². The first kappa shape index (κ1) is 22.4. The van der Waals surface area contributed by atoms with Gasteiger partial charge in [0.2, 0.25) is 0 Å². The third kappa shape index (κ3) is 8.31. The summed E-state index contributed by atoms with van der Waals surface area (Å²) in [4.78, 5) is 0. The van der Waals surface area contributed by atoms with Gasteiger partial charge in [-0.05, 0) is 29.7 Å². The zero-order chi connectivity index (χ0) is 16.0. The molecule has 24 heavy (non-hydrogen) atoms. The highest BCUT2D eigenvalue weighted by atomic mass is 35.5. The number of allylic oxidation sites excluding steroid dienone is 4. The van der Waals surface area contributed by atoms with Gasteiger partial charge in [-0.3, -0.25) is 0 Å². The Morgan fingerprint density at radius 1 is 1.17 bits per heavy atom. The number of likely N-dealkylation sites (N-methyl/N-ethyl adjacent to an activating group) is 1. The van der Waals surface area contributed by atoms with E-state index in [1.54, 1.807) is 0 Å². The van der Waals surface area contributed by atoms with Crippen molar-refractivity contribution < 1.29 is 32.2 Å². The molecule has 1 unspecified atom stereocenters. The van der Waals surface area contributed by atoms with Crippen molar-refractivity contribution in [2.75, 3.05) is 34.3 Å². The Labute approximate surface area is 151 Å². The van der Waals surface area contributed by atoms with Gasteiger partial charge in [0, 0.05) is 0 Å². The van der Waals surface area contributed by atoms with Crippen LogP contribution in [-0.4, -0.2) is 55.5 Å². The summed E-state index contributed by atoms with van der Waals surface area (Å²) in [5.41, 5.74) is 2.46. The molecule has 1 aliphatic rings. The van der Waals surface area contributed by atoms with Gasteiger partial charge in [0.1, 0.15) is 25.0 Å². The molecule has 3 N–H and O–H groups in total. The Morgan fingerprint density at radius 2 is 1.83 bits per heavy atom. The highest BCUT2D eigenvalue weighted by Crippen LogP contribution is 2.19. The average molecular weight is 354 g/mol. The van der Waals surface area contributed by atoms with E-state index in [2.05, 4.69) is 51.5 Å². The monoisotopic (exact) mass is 353 g/mol. The van der Waals surface area contributed by atoms with E-state index in [4.69, 9.17) is 4.74 Å². The Bertz CT molecular complexity index is 574. The van der Waals surface area contributed by atoms with Crippen LogP contribution in [0, 0.1) is 0 Å². The Morgan fingerprint density at radius 3 is 2.38 bits per heavy atom. The molecule has 5 heteroatoms. The molecule has 134 valence electrons. The fraction of sp³-hybridized carbons (Fsp3) is 0.368. The number of benzene rings is 1. The molecule has 0 aromatic heterocycles. The van der Waals surface area contributed by atoms with E-state index >= 15 is 0 Å². The summed E-state index contributed by atoms with van der Waals surface area (Å²) in [6, 6.07) is 10.3. The van der Waals surface area contributed by atoms with E-state index in [0.717, 1.165) is 16.7 Å². The van der Waals surface area contributed by atoms with Crippen LogP contribution < -0.4 is 12.4 Å². The molecule has 0 spiro atoms. The molecule has 1 aliphatic carbocycles. The lowest BCUT2D eigenvalue weighted by Gasteiger charge is -2.26. The molecule has 1 aromatic rings. The van der Waals surface area contributed by atoms with Gasteiger partial charge in [-0.15, -0.1) is 0 Å². The predicted octanol–water partition coefficient (Wildman–Crippen LogP) is -0.823. The first-order valence-corrected chi connectivity index (χ1v) is 7.67. The quantitative estimate of drug-likeness (QED) is 0.679. The second-order valence-corrected chi connectivity index (χ2v) is 6.71. The Hall–Kier alpha value is -1.59. The van der Waals surface area contributed by atoms with E-state index in [0.29, 0.717) is 13.2 Å². The summed E-state index contributed by atoms with van der Waals surface area (Å²) in [5, 5.41) is 9.96. The molecule has 0 fully saturated rings. The molecule has 0 heterocycles. The minimum Gasteiger partial charge on any atom is -1.00 e. The summed E-state index contributed by atoms with van der Waals surface area (Å²) in [6.07, 6.45) is 8.69. The van der Waals surface area contributed by atoms with E-state index in [-0.39, 0.29) is 17.9 Å². The number of aliphatic hydroxyl groups is 1. The zero-order valence-electron chi connectivity index (χ0n) is 14.6. The minimum absolute atomic E-state index is 0. The van der Waals surface area contributed by atoms with Gasteiger partial charge in [-0.1, -0.05) is 42.5 Å². The number of ether oxygens (including phenoxy) is 1. The average Bonchev–Trinajstić information content (AvgIpc) is 2.46. The number of hydrogen-bond donors (Lipinski definition) is 1. The van der Waals surface area contributed by atoms with Gasteiger partial charge in [-0.25, -0.2) is 0 Å². The van der Waals surface area contributed by atoms with Crippen molar-refractivity contribution in [3.8, 4) is 0 Å². The molecule has 1 aromatic carbocycles. The van der Waals surface area contributed by atoms with Gasteiger partial charge in [-0.2, -0.15) is 0 Å². The van der Waals surface area contributed by atoms with Crippen LogP contribution in [0.25, 0.3) is 6.08 Å². The number of nitrogens with zero attached hydrogens (tertiary/aromatic N) is 1. The third-order valence-corrected chi connectivity index (χ3v) is 3.35. The molecule has 4 nitrogen and oxygen atoms in total.